The van der Waals surface area contributed by atoms with Crippen LogP contribution >= 0.6 is 23.1 Å². The summed E-state index contributed by atoms with van der Waals surface area (Å²) in [6.45, 7) is 4.74. The van der Waals surface area contributed by atoms with Crippen LogP contribution in [0.3, 0.4) is 0 Å². The number of hydrogen-bond acceptors (Lipinski definition) is 6. The minimum Gasteiger partial charge on any atom is -0.355 e. The molecule has 0 spiro atoms. The fourth-order valence-corrected chi connectivity index (χ4v) is 3.62. The van der Waals surface area contributed by atoms with Crippen molar-refractivity contribution in [1.82, 2.24) is 15.5 Å². The SMILES string of the molecule is CCCCNC(=O)CSCc1nnc(C(=O)Nc2ccccc2C)s1. The number of carbonyl (C=O) groups excluding carboxylic acids is 2. The summed E-state index contributed by atoms with van der Waals surface area (Å²) in [4.78, 5) is 23.9. The molecule has 0 aliphatic heterocycles. The van der Waals surface area contributed by atoms with Crippen LogP contribution in [0.15, 0.2) is 24.3 Å². The van der Waals surface area contributed by atoms with E-state index < -0.39 is 0 Å². The van der Waals surface area contributed by atoms with Crippen molar-refractivity contribution in [2.75, 3.05) is 17.6 Å². The van der Waals surface area contributed by atoms with Crippen LogP contribution in [0.4, 0.5) is 5.69 Å². The maximum Gasteiger partial charge on any atom is 0.286 e. The summed E-state index contributed by atoms with van der Waals surface area (Å²) >= 11 is 2.72. The first-order chi connectivity index (χ1) is 12.1. The number of aryl methyl sites for hydroxylation is 1. The van der Waals surface area contributed by atoms with Crippen molar-refractivity contribution in [2.24, 2.45) is 0 Å². The van der Waals surface area contributed by atoms with Gasteiger partial charge in [-0.3, -0.25) is 9.59 Å². The van der Waals surface area contributed by atoms with E-state index >= 15 is 0 Å². The van der Waals surface area contributed by atoms with Gasteiger partial charge in [-0.1, -0.05) is 42.9 Å². The smallest absolute Gasteiger partial charge is 0.286 e. The van der Waals surface area contributed by atoms with Gasteiger partial charge in [0.25, 0.3) is 5.91 Å². The van der Waals surface area contributed by atoms with Gasteiger partial charge in [0.15, 0.2) is 0 Å². The molecule has 25 heavy (non-hydrogen) atoms. The average Bonchev–Trinajstić information content (AvgIpc) is 3.06. The van der Waals surface area contributed by atoms with Gasteiger partial charge in [-0.25, -0.2) is 0 Å². The highest BCUT2D eigenvalue weighted by Crippen LogP contribution is 2.19. The first kappa shape index (κ1) is 19.4. The number of anilines is 1. The molecule has 8 heteroatoms. The molecule has 2 aromatic rings. The minimum absolute atomic E-state index is 0.0282. The second kappa shape index (κ2) is 10.1. The number of aromatic nitrogens is 2. The molecule has 134 valence electrons. The molecular formula is C17H22N4O2S2. The predicted octanol–water partition coefficient (Wildman–Crippen LogP) is 3.25. The van der Waals surface area contributed by atoms with Crippen LogP contribution in [-0.4, -0.2) is 34.3 Å². The normalized spacial score (nSPS) is 10.5. The first-order valence-electron chi connectivity index (χ1n) is 8.14. The third kappa shape index (κ3) is 6.47. The number of hydrogen-bond donors (Lipinski definition) is 2. The van der Waals surface area contributed by atoms with Crippen LogP contribution in [0, 0.1) is 6.92 Å². The molecule has 1 aromatic heterocycles. The molecule has 2 rings (SSSR count). The third-order valence-corrected chi connectivity index (χ3v) is 5.41. The summed E-state index contributed by atoms with van der Waals surface area (Å²) < 4.78 is 0. The summed E-state index contributed by atoms with van der Waals surface area (Å²) in [6.07, 6.45) is 2.05. The van der Waals surface area contributed by atoms with Gasteiger partial charge in [-0.15, -0.1) is 22.0 Å². The molecule has 1 aromatic carbocycles. The molecule has 2 amide bonds. The Kier molecular flexibility index (Phi) is 7.87. The van der Waals surface area contributed by atoms with Crippen LogP contribution < -0.4 is 10.6 Å². The van der Waals surface area contributed by atoms with Crippen LogP contribution in [-0.2, 0) is 10.5 Å². The Morgan fingerprint density at radius 1 is 1.24 bits per heavy atom. The lowest BCUT2D eigenvalue weighted by Gasteiger charge is -2.05. The van der Waals surface area contributed by atoms with Gasteiger partial charge in [0.05, 0.1) is 5.75 Å². The highest BCUT2D eigenvalue weighted by Gasteiger charge is 2.14. The lowest BCUT2D eigenvalue weighted by atomic mass is 10.2. The molecule has 0 bridgehead atoms. The summed E-state index contributed by atoms with van der Waals surface area (Å²) in [5, 5.41) is 14.7. The Morgan fingerprint density at radius 3 is 2.80 bits per heavy atom. The standard InChI is InChI=1S/C17H22N4O2S2/c1-3-4-9-18-14(22)10-24-11-15-20-21-17(25-15)16(23)19-13-8-6-5-7-12(13)2/h5-8H,3-4,9-11H2,1-2H3,(H,18,22)(H,19,23). The van der Waals surface area contributed by atoms with Crippen LogP contribution in [0.5, 0.6) is 0 Å². The molecule has 0 atom stereocenters. The van der Waals surface area contributed by atoms with E-state index in [1.807, 2.05) is 31.2 Å². The number of amides is 2. The molecule has 0 unspecified atom stereocenters. The topological polar surface area (TPSA) is 84.0 Å². The summed E-state index contributed by atoms with van der Waals surface area (Å²) in [5.74, 6) is 0.714. The van der Waals surface area contributed by atoms with E-state index in [1.165, 1.54) is 23.1 Å². The van der Waals surface area contributed by atoms with E-state index in [0.29, 0.717) is 16.5 Å². The van der Waals surface area contributed by atoms with Gasteiger partial charge < -0.3 is 10.6 Å². The second-order valence-electron chi connectivity index (χ2n) is 5.47. The Hall–Kier alpha value is -1.93. The van der Waals surface area contributed by atoms with Gasteiger partial charge in [0.1, 0.15) is 5.01 Å². The molecule has 0 aliphatic carbocycles. The van der Waals surface area contributed by atoms with Gasteiger partial charge in [0.2, 0.25) is 10.9 Å². The molecule has 0 saturated carbocycles. The number of nitrogens with one attached hydrogen (secondary N) is 2. The van der Waals surface area contributed by atoms with Crippen LogP contribution in [0.2, 0.25) is 0 Å². The summed E-state index contributed by atoms with van der Waals surface area (Å²) in [5.41, 5.74) is 1.76. The molecule has 0 radical (unpaired) electrons. The van der Waals surface area contributed by atoms with E-state index in [9.17, 15) is 9.59 Å². The average molecular weight is 379 g/mol. The quantitative estimate of drug-likeness (QED) is 0.655. The number of carbonyl (C=O) groups is 2. The van der Waals surface area contributed by atoms with Gasteiger partial charge in [-0.2, -0.15) is 0 Å². The van der Waals surface area contributed by atoms with Crippen molar-refractivity contribution < 1.29 is 9.59 Å². The highest BCUT2D eigenvalue weighted by atomic mass is 32.2. The van der Waals surface area contributed by atoms with E-state index in [4.69, 9.17) is 0 Å². The number of thioether (sulfide) groups is 1. The Morgan fingerprint density at radius 2 is 2.04 bits per heavy atom. The summed E-state index contributed by atoms with van der Waals surface area (Å²) in [6, 6.07) is 7.57. The molecule has 0 saturated heterocycles. The first-order valence-corrected chi connectivity index (χ1v) is 10.1. The van der Waals surface area contributed by atoms with Crippen LogP contribution in [0.25, 0.3) is 0 Å². The monoisotopic (exact) mass is 378 g/mol. The van der Waals surface area contributed by atoms with Gasteiger partial charge in [-0.05, 0) is 25.0 Å². The van der Waals surface area contributed by atoms with Gasteiger partial charge >= 0.3 is 0 Å². The third-order valence-electron chi connectivity index (χ3n) is 3.37. The number of rotatable bonds is 9. The van der Waals surface area contributed by atoms with E-state index in [2.05, 4.69) is 27.8 Å². The van der Waals surface area contributed by atoms with Crippen LogP contribution in [0.1, 0.15) is 40.1 Å². The lowest BCUT2D eigenvalue weighted by molar-refractivity contribution is -0.118. The Bertz CT molecular complexity index is 718. The number of nitrogens with zero attached hydrogens (tertiary/aromatic N) is 2. The molecule has 0 fully saturated rings. The van der Waals surface area contributed by atoms with Crippen molar-refractivity contribution in [3.05, 3.63) is 39.8 Å². The zero-order valence-electron chi connectivity index (χ0n) is 14.4. The number of benzene rings is 1. The molecule has 0 aliphatic rings. The van der Waals surface area contributed by atoms with Crippen molar-refractivity contribution in [3.8, 4) is 0 Å². The Labute approximate surface area is 155 Å². The largest absolute Gasteiger partial charge is 0.355 e. The predicted molar refractivity (Wildman–Crippen MR) is 103 cm³/mol. The zero-order chi connectivity index (χ0) is 18.1. The van der Waals surface area contributed by atoms with Crippen molar-refractivity contribution in [2.45, 2.75) is 32.4 Å². The van der Waals surface area contributed by atoms with Crippen molar-refractivity contribution >= 4 is 40.6 Å². The second-order valence-corrected chi connectivity index (χ2v) is 7.51. The highest BCUT2D eigenvalue weighted by molar-refractivity contribution is 7.99. The number of unbranched alkanes of at least 4 members (excludes halogenated alkanes) is 1. The molecular weight excluding hydrogens is 356 g/mol. The van der Waals surface area contributed by atoms with E-state index in [0.717, 1.165) is 35.6 Å². The fourth-order valence-electron chi connectivity index (χ4n) is 1.98. The van der Waals surface area contributed by atoms with Crippen molar-refractivity contribution in [1.29, 1.82) is 0 Å². The maximum absolute atomic E-state index is 12.2. The van der Waals surface area contributed by atoms with Crippen molar-refractivity contribution in [3.63, 3.8) is 0 Å². The molecule has 6 nitrogen and oxygen atoms in total. The van der Waals surface area contributed by atoms with E-state index in [1.54, 1.807) is 0 Å². The molecule has 2 N–H and O–H groups in total. The van der Waals surface area contributed by atoms with Gasteiger partial charge in [0, 0.05) is 18.0 Å². The fraction of sp³-hybridized carbons (Fsp3) is 0.412. The number of para-hydroxylation sites is 1. The lowest BCUT2D eigenvalue weighted by Crippen LogP contribution is -2.26. The minimum atomic E-state index is -0.264. The Balaban J connectivity index is 1.78. The zero-order valence-corrected chi connectivity index (χ0v) is 16.0. The summed E-state index contributed by atoms with van der Waals surface area (Å²) in [7, 11) is 0. The molecule has 1 heterocycles. The van der Waals surface area contributed by atoms with E-state index in [-0.39, 0.29) is 11.8 Å². The maximum atomic E-state index is 12.2.